The van der Waals surface area contributed by atoms with Crippen LogP contribution in [0.5, 0.6) is 0 Å². The Balaban J connectivity index is 1.75. The van der Waals surface area contributed by atoms with Crippen molar-refractivity contribution in [2.45, 2.75) is 26.4 Å². The number of benzene rings is 1. The van der Waals surface area contributed by atoms with Gasteiger partial charge in [-0.25, -0.2) is 0 Å². The first-order chi connectivity index (χ1) is 10.0. The van der Waals surface area contributed by atoms with Crippen LogP contribution >= 0.6 is 11.3 Å². The molecule has 5 heteroatoms. The van der Waals surface area contributed by atoms with E-state index in [-0.39, 0.29) is 17.9 Å². The number of rotatable bonds is 3. The summed E-state index contributed by atoms with van der Waals surface area (Å²) in [6.45, 7) is 4.52. The lowest BCUT2D eigenvalue weighted by Gasteiger charge is -2.12. The summed E-state index contributed by atoms with van der Waals surface area (Å²) in [6, 6.07) is 9.27. The SMILES string of the molecule is Cc1ccc(C(C)NC(=O)c2ccc3c(c2)CNC3=O)s1. The molecular formula is C16H16N2O2S. The summed E-state index contributed by atoms with van der Waals surface area (Å²) in [7, 11) is 0. The fourth-order valence-electron chi connectivity index (χ4n) is 2.41. The van der Waals surface area contributed by atoms with Crippen LogP contribution in [0.1, 0.15) is 49.0 Å². The van der Waals surface area contributed by atoms with E-state index < -0.39 is 0 Å². The number of aryl methyl sites for hydroxylation is 1. The highest BCUT2D eigenvalue weighted by molar-refractivity contribution is 7.12. The molecule has 0 saturated carbocycles. The molecule has 108 valence electrons. The van der Waals surface area contributed by atoms with Gasteiger partial charge >= 0.3 is 0 Å². The second-order valence-electron chi connectivity index (χ2n) is 5.20. The van der Waals surface area contributed by atoms with Crippen molar-refractivity contribution < 1.29 is 9.59 Å². The second-order valence-corrected chi connectivity index (χ2v) is 6.52. The van der Waals surface area contributed by atoms with Crippen molar-refractivity contribution in [3.8, 4) is 0 Å². The molecule has 4 nitrogen and oxygen atoms in total. The predicted octanol–water partition coefficient (Wildman–Crippen LogP) is 2.79. The molecule has 1 aromatic carbocycles. The number of carbonyl (C=O) groups is 2. The Morgan fingerprint density at radius 3 is 2.86 bits per heavy atom. The monoisotopic (exact) mass is 300 g/mol. The molecule has 0 radical (unpaired) electrons. The first kappa shape index (κ1) is 13.8. The van der Waals surface area contributed by atoms with E-state index in [1.165, 1.54) is 4.88 Å². The zero-order valence-corrected chi connectivity index (χ0v) is 12.7. The topological polar surface area (TPSA) is 58.2 Å². The van der Waals surface area contributed by atoms with Crippen LogP contribution in [0.3, 0.4) is 0 Å². The molecule has 2 amide bonds. The summed E-state index contributed by atoms with van der Waals surface area (Å²) in [5.41, 5.74) is 2.13. The van der Waals surface area contributed by atoms with E-state index in [2.05, 4.69) is 16.7 Å². The summed E-state index contributed by atoms with van der Waals surface area (Å²) >= 11 is 1.68. The molecule has 1 unspecified atom stereocenters. The maximum Gasteiger partial charge on any atom is 0.251 e. The molecule has 0 bridgehead atoms. The third-order valence-corrected chi connectivity index (χ3v) is 4.77. The summed E-state index contributed by atoms with van der Waals surface area (Å²) in [5, 5.41) is 5.75. The van der Waals surface area contributed by atoms with Crippen molar-refractivity contribution in [3.63, 3.8) is 0 Å². The Labute approximate surface area is 127 Å². The van der Waals surface area contributed by atoms with Crippen molar-refractivity contribution in [3.05, 3.63) is 56.8 Å². The Morgan fingerprint density at radius 1 is 1.33 bits per heavy atom. The van der Waals surface area contributed by atoms with E-state index >= 15 is 0 Å². The molecule has 0 saturated heterocycles. The van der Waals surface area contributed by atoms with Gasteiger partial charge in [-0.05, 0) is 49.7 Å². The minimum atomic E-state index is -0.115. The maximum atomic E-state index is 12.3. The first-order valence-corrected chi connectivity index (χ1v) is 7.64. The molecular weight excluding hydrogens is 284 g/mol. The lowest BCUT2D eigenvalue weighted by molar-refractivity contribution is 0.0937. The van der Waals surface area contributed by atoms with Gasteiger partial charge in [0.25, 0.3) is 11.8 Å². The third kappa shape index (κ3) is 2.69. The number of amides is 2. The van der Waals surface area contributed by atoms with Crippen molar-refractivity contribution in [1.29, 1.82) is 0 Å². The molecule has 0 spiro atoms. The Bertz CT molecular complexity index is 721. The van der Waals surface area contributed by atoms with Crippen molar-refractivity contribution in [1.82, 2.24) is 10.6 Å². The highest BCUT2D eigenvalue weighted by Crippen LogP contribution is 2.23. The number of thiophene rings is 1. The fourth-order valence-corrected chi connectivity index (χ4v) is 3.29. The number of fused-ring (bicyclic) bond motifs is 1. The van der Waals surface area contributed by atoms with Gasteiger partial charge in [-0.15, -0.1) is 11.3 Å². The van der Waals surface area contributed by atoms with E-state index in [0.29, 0.717) is 17.7 Å². The van der Waals surface area contributed by atoms with Gasteiger partial charge in [0, 0.05) is 27.4 Å². The molecule has 21 heavy (non-hydrogen) atoms. The predicted molar refractivity (Wildman–Crippen MR) is 82.5 cm³/mol. The largest absolute Gasteiger partial charge is 0.348 e. The minimum absolute atomic E-state index is 0.0239. The lowest BCUT2D eigenvalue weighted by atomic mass is 10.1. The van der Waals surface area contributed by atoms with E-state index in [1.807, 2.05) is 19.9 Å². The molecule has 2 N–H and O–H groups in total. The molecule has 0 fully saturated rings. The first-order valence-electron chi connectivity index (χ1n) is 6.83. The van der Waals surface area contributed by atoms with Crippen LogP contribution in [0, 0.1) is 6.92 Å². The average molecular weight is 300 g/mol. The highest BCUT2D eigenvalue weighted by atomic mass is 32.1. The summed E-state index contributed by atoms with van der Waals surface area (Å²) in [6.07, 6.45) is 0. The van der Waals surface area contributed by atoms with Crippen molar-refractivity contribution in [2.75, 3.05) is 0 Å². The van der Waals surface area contributed by atoms with Gasteiger partial charge in [-0.1, -0.05) is 0 Å². The third-order valence-electron chi connectivity index (χ3n) is 3.59. The number of hydrogen-bond donors (Lipinski definition) is 2. The summed E-state index contributed by atoms with van der Waals surface area (Å²) < 4.78 is 0. The van der Waals surface area contributed by atoms with Gasteiger partial charge in [0.15, 0.2) is 0 Å². The van der Waals surface area contributed by atoms with Crippen molar-refractivity contribution in [2.24, 2.45) is 0 Å². The molecule has 2 aromatic rings. The van der Waals surface area contributed by atoms with Crippen molar-refractivity contribution >= 4 is 23.2 Å². The average Bonchev–Trinajstić information content (AvgIpc) is 3.05. The molecule has 3 rings (SSSR count). The van der Waals surface area contributed by atoms with E-state index in [0.717, 1.165) is 10.4 Å². The zero-order chi connectivity index (χ0) is 15.0. The Morgan fingerprint density at radius 2 is 2.14 bits per heavy atom. The fraction of sp³-hybridized carbons (Fsp3) is 0.250. The normalized spacial score (nSPS) is 14.5. The van der Waals surface area contributed by atoms with Crippen LogP contribution in [0.4, 0.5) is 0 Å². The molecule has 1 aliphatic rings. The Hall–Kier alpha value is -2.14. The van der Waals surface area contributed by atoms with Crippen LogP contribution in [0.25, 0.3) is 0 Å². The quantitative estimate of drug-likeness (QED) is 0.915. The second kappa shape index (κ2) is 5.33. The maximum absolute atomic E-state index is 12.3. The molecule has 1 aromatic heterocycles. The summed E-state index contributed by atoms with van der Waals surface area (Å²) in [4.78, 5) is 26.2. The standard InChI is InChI=1S/C16H16N2O2S/c1-9-3-6-14(21-9)10(2)18-15(19)11-4-5-13-12(7-11)8-17-16(13)20/h3-7,10H,8H2,1-2H3,(H,17,20)(H,18,19). The van der Waals surface area contributed by atoms with Gasteiger partial charge < -0.3 is 10.6 Å². The smallest absolute Gasteiger partial charge is 0.251 e. The van der Waals surface area contributed by atoms with Crippen LogP contribution < -0.4 is 10.6 Å². The summed E-state index contributed by atoms with van der Waals surface area (Å²) in [5.74, 6) is -0.185. The molecule has 2 heterocycles. The van der Waals surface area contributed by atoms with Gasteiger partial charge in [-0.3, -0.25) is 9.59 Å². The van der Waals surface area contributed by atoms with Gasteiger partial charge in [0.1, 0.15) is 0 Å². The van der Waals surface area contributed by atoms with Gasteiger partial charge in [0.05, 0.1) is 6.04 Å². The number of nitrogens with one attached hydrogen (secondary N) is 2. The van der Waals surface area contributed by atoms with Crippen LogP contribution in [0.15, 0.2) is 30.3 Å². The molecule has 0 aliphatic carbocycles. The number of carbonyl (C=O) groups excluding carboxylic acids is 2. The Kier molecular flexibility index (Phi) is 3.51. The van der Waals surface area contributed by atoms with Gasteiger partial charge in [0.2, 0.25) is 0 Å². The van der Waals surface area contributed by atoms with E-state index in [9.17, 15) is 9.59 Å². The van der Waals surface area contributed by atoms with Crippen LogP contribution in [0.2, 0.25) is 0 Å². The van der Waals surface area contributed by atoms with Crippen LogP contribution in [-0.4, -0.2) is 11.8 Å². The lowest BCUT2D eigenvalue weighted by Crippen LogP contribution is -2.26. The van der Waals surface area contributed by atoms with E-state index in [4.69, 9.17) is 0 Å². The zero-order valence-electron chi connectivity index (χ0n) is 11.9. The minimum Gasteiger partial charge on any atom is -0.348 e. The van der Waals surface area contributed by atoms with Crippen LogP contribution in [-0.2, 0) is 6.54 Å². The van der Waals surface area contributed by atoms with Gasteiger partial charge in [-0.2, -0.15) is 0 Å². The molecule has 1 aliphatic heterocycles. The van der Waals surface area contributed by atoms with E-state index in [1.54, 1.807) is 29.5 Å². The molecule has 1 atom stereocenters. The number of hydrogen-bond acceptors (Lipinski definition) is 3. The highest BCUT2D eigenvalue weighted by Gasteiger charge is 2.20.